The summed E-state index contributed by atoms with van der Waals surface area (Å²) in [5.74, 6) is 0.909. The van der Waals surface area contributed by atoms with Crippen molar-refractivity contribution in [3.05, 3.63) is 65.5 Å². The number of carbonyl (C=O) groups is 1. The zero-order chi connectivity index (χ0) is 20.2. The predicted octanol–water partition coefficient (Wildman–Crippen LogP) is 2.98. The molecule has 0 radical (unpaired) electrons. The van der Waals surface area contributed by atoms with Crippen LogP contribution in [0.1, 0.15) is 22.8 Å². The molecule has 0 fully saturated rings. The van der Waals surface area contributed by atoms with Crippen LogP contribution < -0.4 is 20.7 Å². The van der Waals surface area contributed by atoms with Crippen LogP contribution >= 0.6 is 24.0 Å². The van der Waals surface area contributed by atoms with E-state index in [2.05, 4.69) is 20.9 Å². The van der Waals surface area contributed by atoms with Crippen molar-refractivity contribution in [3.63, 3.8) is 0 Å². The third kappa shape index (κ3) is 9.12. The molecule has 2 aromatic rings. The first kappa shape index (κ1) is 24.7. The molecule has 3 N–H and O–H groups in total. The molecular formula is C21H28FIN4O2. The van der Waals surface area contributed by atoms with Gasteiger partial charge < -0.3 is 20.7 Å². The molecule has 0 aromatic heterocycles. The van der Waals surface area contributed by atoms with E-state index in [4.69, 9.17) is 4.74 Å². The van der Waals surface area contributed by atoms with Crippen molar-refractivity contribution < 1.29 is 13.9 Å². The van der Waals surface area contributed by atoms with Gasteiger partial charge in [0.1, 0.15) is 11.6 Å². The normalized spacial score (nSPS) is 10.7. The number of benzene rings is 2. The first-order chi connectivity index (χ1) is 13.6. The summed E-state index contributed by atoms with van der Waals surface area (Å²) in [5, 5.41) is 9.18. The quantitative estimate of drug-likeness (QED) is 0.208. The van der Waals surface area contributed by atoms with E-state index in [9.17, 15) is 9.18 Å². The summed E-state index contributed by atoms with van der Waals surface area (Å²) in [6.45, 7) is 4.22. The molecule has 0 bridgehead atoms. The Kier molecular flexibility index (Phi) is 11.7. The first-order valence-electron chi connectivity index (χ1n) is 9.31. The van der Waals surface area contributed by atoms with Gasteiger partial charge in [0.25, 0.3) is 5.91 Å². The molecule has 0 aliphatic carbocycles. The second kappa shape index (κ2) is 13.8. The molecule has 2 rings (SSSR count). The predicted molar refractivity (Wildman–Crippen MR) is 125 cm³/mol. The van der Waals surface area contributed by atoms with Crippen molar-refractivity contribution >= 4 is 35.8 Å². The second-order valence-corrected chi connectivity index (χ2v) is 6.06. The summed E-state index contributed by atoms with van der Waals surface area (Å²) < 4.78 is 18.3. The van der Waals surface area contributed by atoms with Gasteiger partial charge in [-0.2, -0.15) is 0 Å². The summed E-state index contributed by atoms with van der Waals surface area (Å²) >= 11 is 0. The van der Waals surface area contributed by atoms with E-state index >= 15 is 0 Å². The van der Waals surface area contributed by atoms with Crippen LogP contribution in [-0.2, 0) is 6.42 Å². The third-order valence-corrected chi connectivity index (χ3v) is 3.94. The molecule has 6 nitrogen and oxygen atoms in total. The van der Waals surface area contributed by atoms with Crippen LogP contribution in [0.2, 0.25) is 0 Å². The fourth-order valence-electron chi connectivity index (χ4n) is 2.55. The lowest BCUT2D eigenvalue weighted by molar-refractivity contribution is 0.0954. The number of aliphatic imine (C=N–C) groups is 1. The lowest BCUT2D eigenvalue weighted by atomic mass is 10.1. The van der Waals surface area contributed by atoms with Gasteiger partial charge >= 0.3 is 0 Å². The maximum absolute atomic E-state index is 13.2. The van der Waals surface area contributed by atoms with Crippen LogP contribution in [0.3, 0.4) is 0 Å². The monoisotopic (exact) mass is 514 g/mol. The molecule has 0 spiro atoms. The molecule has 8 heteroatoms. The Bertz CT molecular complexity index is 802. The topological polar surface area (TPSA) is 74.8 Å². The highest BCUT2D eigenvalue weighted by Gasteiger charge is 2.06. The Morgan fingerprint density at radius 1 is 1.07 bits per heavy atom. The average Bonchev–Trinajstić information content (AvgIpc) is 2.71. The van der Waals surface area contributed by atoms with E-state index in [1.54, 1.807) is 37.4 Å². The van der Waals surface area contributed by atoms with Crippen LogP contribution in [-0.4, -0.2) is 45.2 Å². The van der Waals surface area contributed by atoms with Gasteiger partial charge in [0.2, 0.25) is 0 Å². The lowest BCUT2D eigenvalue weighted by Gasteiger charge is -2.12. The number of guanidine groups is 1. The number of hydrogen-bond acceptors (Lipinski definition) is 3. The van der Waals surface area contributed by atoms with Crippen LogP contribution in [0, 0.1) is 5.82 Å². The van der Waals surface area contributed by atoms with Crippen molar-refractivity contribution in [2.45, 2.75) is 13.3 Å². The molecular weight excluding hydrogens is 486 g/mol. The average molecular weight is 514 g/mol. The Hall–Kier alpha value is -2.36. The van der Waals surface area contributed by atoms with Crippen LogP contribution in [0.15, 0.2) is 53.5 Å². The minimum Gasteiger partial charge on any atom is -0.497 e. The largest absolute Gasteiger partial charge is 0.497 e. The van der Waals surface area contributed by atoms with Crippen molar-refractivity contribution in [3.8, 4) is 5.75 Å². The Balaban J connectivity index is 0.00000420. The highest BCUT2D eigenvalue weighted by atomic mass is 127. The minimum atomic E-state index is -0.238. The first-order valence-corrected chi connectivity index (χ1v) is 9.31. The molecule has 0 unspecified atom stereocenters. The fraction of sp³-hybridized carbons (Fsp3) is 0.333. The number of methoxy groups -OCH3 is 1. The van der Waals surface area contributed by atoms with Crippen LogP contribution in [0.4, 0.5) is 4.39 Å². The molecule has 29 heavy (non-hydrogen) atoms. The van der Waals surface area contributed by atoms with Gasteiger partial charge in [-0.1, -0.05) is 18.2 Å². The van der Waals surface area contributed by atoms with Gasteiger partial charge in [0, 0.05) is 31.7 Å². The lowest BCUT2D eigenvalue weighted by Crippen LogP contribution is -2.41. The highest BCUT2D eigenvalue weighted by molar-refractivity contribution is 14.0. The zero-order valence-electron chi connectivity index (χ0n) is 16.7. The van der Waals surface area contributed by atoms with Gasteiger partial charge in [-0.25, -0.2) is 4.39 Å². The van der Waals surface area contributed by atoms with E-state index in [1.807, 2.05) is 13.0 Å². The van der Waals surface area contributed by atoms with E-state index in [0.29, 0.717) is 43.3 Å². The van der Waals surface area contributed by atoms with E-state index in [0.717, 1.165) is 12.1 Å². The number of halogens is 2. The molecule has 1 amide bonds. The Labute approximate surface area is 188 Å². The fourth-order valence-corrected chi connectivity index (χ4v) is 2.55. The number of amides is 1. The molecule has 0 heterocycles. The van der Waals surface area contributed by atoms with Crippen LogP contribution in [0.5, 0.6) is 5.75 Å². The van der Waals surface area contributed by atoms with Crippen molar-refractivity contribution in [1.29, 1.82) is 0 Å². The maximum Gasteiger partial charge on any atom is 0.251 e. The summed E-state index contributed by atoms with van der Waals surface area (Å²) in [5.41, 5.74) is 1.46. The Morgan fingerprint density at radius 3 is 2.55 bits per heavy atom. The number of hydrogen-bond donors (Lipinski definition) is 3. The molecule has 0 atom stereocenters. The molecule has 158 valence electrons. The Morgan fingerprint density at radius 2 is 1.83 bits per heavy atom. The van der Waals surface area contributed by atoms with E-state index < -0.39 is 0 Å². The van der Waals surface area contributed by atoms with Crippen molar-refractivity contribution in [2.24, 2.45) is 4.99 Å². The van der Waals surface area contributed by atoms with E-state index in [-0.39, 0.29) is 35.7 Å². The van der Waals surface area contributed by atoms with Crippen molar-refractivity contribution in [2.75, 3.05) is 33.3 Å². The smallest absolute Gasteiger partial charge is 0.251 e. The standard InChI is InChI=1S/C21H27FN4O2.HI/c1-3-23-21(25-11-10-16-6-4-8-18(22)14-16)26-13-12-24-20(27)17-7-5-9-19(15-17)28-2;/h4-9,14-15H,3,10-13H2,1-2H3,(H,24,27)(H2,23,25,26);1H. The number of nitrogens with one attached hydrogen (secondary N) is 3. The summed E-state index contributed by atoms with van der Waals surface area (Å²) in [6.07, 6.45) is 0.654. The van der Waals surface area contributed by atoms with Gasteiger partial charge in [0.05, 0.1) is 7.11 Å². The highest BCUT2D eigenvalue weighted by Crippen LogP contribution is 2.12. The molecule has 0 aliphatic rings. The molecule has 0 aliphatic heterocycles. The van der Waals surface area contributed by atoms with Gasteiger partial charge in [0.15, 0.2) is 5.96 Å². The number of ether oxygens (including phenoxy) is 1. The van der Waals surface area contributed by atoms with Gasteiger partial charge in [-0.3, -0.25) is 9.79 Å². The van der Waals surface area contributed by atoms with Gasteiger partial charge in [-0.15, -0.1) is 24.0 Å². The summed E-state index contributed by atoms with van der Waals surface area (Å²) in [4.78, 5) is 16.6. The third-order valence-electron chi connectivity index (χ3n) is 3.94. The van der Waals surface area contributed by atoms with Crippen LogP contribution in [0.25, 0.3) is 0 Å². The van der Waals surface area contributed by atoms with Crippen molar-refractivity contribution in [1.82, 2.24) is 16.0 Å². The minimum absolute atomic E-state index is 0. The zero-order valence-corrected chi connectivity index (χ0v) is 19.0. The molecule has 2 aromatic carbocycles. The number of carbonyl (C=O) groups excluding carboxylic acids is 1. The second-order valence-electron chi connectivity index (χ2n) is 6.06. The number of rotatable bonds is 9. The van der Waals surface area contributed by atoms with E-state index in [1.165, 1.54) is 12.1 Å². The summed E-state index contributed by atoms with van der Waals surface area (Å²) in [6, 6.07) is 13.5. The SMILES string of the molecule is CCNC(=NCCc1cccc(F)c1)NCCNC(=O)c1cccc(OC)c1.I. The number of nitrogens with zero attached hydrogens (tertiary/aromatic N) is 1. The molecule has 0 saturated carbocycles. The summed E-state index contributed by atoms with van der Waals surface area (Å²) in [7, 11) is 1.57. The maximum atomic E-state index is 13.2. The molecule has 0 saturated heterocycles. The van der Waals surface area contributed by atoms with Gasteiger partial charge in [-0.05, 0) is 49.2 Å².